The number of allylic oxidation sites excluding steroid dienone is 3. The number of ketones is 1. The predicted molar refractivity (Wildman–Crippen MR) is 153 cm³/mol. The number of aliphatic hydroxyl groups is 1. The van der Waals surface area contributed by atoms with Gasteiger partial charge in [-0.1, -0.05) is 38.2 Å². The van der Waals surface area contributed by atoms with Crippen LogP contribution in [0.4, 0.5) is 5.95 Å². The van der Waals surface area contributed by atoms with Gasteiger partial charge in [-0.15, -0.1) is 0 Å². The molecule has 1 aliphatic carbocycles. The van der Waals surface area contributed by atoms with Crippen molar-refractivity contribution in [2.24, 2.45) is 11.7 Å². The van der Waals surface area contributed by atoms with Crippen molar-refractivity contribution in [1.82, 2.24) is 24.5 Å². The van der Waals surface area contributed by atoms with Crippen LogP contribution in [0.3, 0.4) is 0 Å². The molecule has 10 heteroatoms. The Kier molecular flexibility index (Phi) is 10.2. The Morgan fingerprint density at radius 1 is 1.31 bits per heavy atom. The summed E-state index contributed by atoms with van der Waals surface area (Å²) in [6.07, 6.45) is 12.7. The van der Waals surface area contributed by atoms with E-state index in [-0.39, 0.29) is 17.6 Å². The van der Waals surface area contributed by atoms with Crippen LogP contribution in [0, 0.1) is 5.92 Å². The van der Waals surface area contributed by atoms with Gasteiger partial charge < -0.3 is 20.9 Å². The lowest BCUT2D eigenvalue weighted by molar-refractivity contribution is -0.124. The Morgan fingerprint density at radius 3 is 2.82 bits per heavy atom. The molecule has 1 atom stereocenters. The molecule has 1 unspecified atom stereocenters. The molecule has 0 spiro atoms. The summed E-state index contributed by atoms with van der Waals surface area (Å²) in [7, 11) is 0. The van der Waals surface area contributed by atoms with Gasteiger partial charge in [0.05, 0.1) is 12.8 Å². The number of piperidine rings is 1. The van der Waals surface area contributed by atoms with Crippen molar-refractivity contribution in [1.29, 1.82) is 0 Å². The number of ether oxygens (including phenoxy) is 1. The normalized spacial score (nSPS) is 17.7. The zero-order valence-corrected chi connectivity index (χ0v) is 23.3. The summed E-state index contributed by atoms with van der Waals surface area (Å²) in [5, 5.41) is 17.9. The van der Waals surface area contributed by atoms with Crippen LogP contribution >= 0.6 is 0 Å². The highest BCUT2D eigenvalue weighted by molar-refractivity contribution is 5.84. The number of nitrogens with two attached hydrogens (primary N) is 1. The largest absolute Gasteiger partial charge is 0.463 e. The van der Waals surface area contributed by atoms with Gasteiger partial charge in [-0.3, -0.25) is 9.69 Å². The number of rotatable bonds is 14. The highest BCUT2D eigenvalue weighted by Gasteiger charge is 2.27. The molecule has 4 rings (SSSR count). The van der Waals surface area contributed by atoms with Gasteiger partial charge in [0.2, 0.25) is 5.95 Å². The highest BCUT2D eigenvalue weighted by Crippen LogP contribution is 2.27. The molecular formula is C29H43N7O3. The molecule has 0 amide bonds. The number of carbonyl (C=O) groups excluding carboxylic acids is 1. The van der Waals surface area contributed by atoms with Crippen molar-refractivity contribution in [3.63, 3.8) is 0 Å². The molecule has 1 fully saturated rings. The van der Waals surface area contributed by atoms with E-state index < -0.39 is 6.23 Å². The van der Waals surface area contributed by atoms with Crippen molar-refractivity contribution < 1.29 is 14.6 Å². The van der Waals surface area contributed by atoms with Gasteiger partial charge in [-0.05, 0) is 62.6 Å². The predicted octanol–water partition coefficient (Wildman–Crippen LogP) is 3.60. The van der Waals surface area contributed by atoms with Gasteiger partial charge in [0.1, 0.15) is 12.0 Å². The SMILES string of the molecule is C=CC(O)N1CCC(C(=O)CC2=CCCC(CNc3nc(OCCCCN)nc4c(C(C)C)cnn34)=C2)CC1. The molecule has 0 bridgehead atoms. The van der Waals surface area contributed by atoms with Crippen molar-refractivity contribution in [2.75, 3.05) is 38.1 Å². The number of anilines is 1. The van der Waals surface area contributed by atoms with Crippen molar-refractivity contribution in [3.05, 3.63) is 47.7 Å². The Hall–Kier alpha value is -3.08. The highest BCUT2D eigenvalue weighted by atomic mass is 16.5. The van der Waals surface area contributed by atoms with Crippen molar-refractivity contribution in [3.8, 4) is 6.01 Å². The Labute approximate surface area is 231 Å². The topological polar surface area (TPSA) is 131 Å². The third-order valence-corrected chi connectivity index (χ3v) is 7.51. The molecule has 1 aliphatic heterocycles. The van der Waals surface area contributed by atoms with Crippen LogP contribution in [0.1, 0.15) is 70.3 Å². The fourth-order valence-electron chi connectivity index (χ4n) is 5.14. The first-order chi connectivity index (χ1) is 18.9. The lowest BCUT2D eigenvalue weighted by Crippen LogP contribution is -2.41. The average molecular weight is 538 g/mol. The smallest absolute Gasteiger partial charge is 0.321 e. The minimum Gasteiger partial charge on any atom is -0.463 e. The number of nitrogens with zero attached hydrogens (tertiary/aromatic N) is 5. The van der Waals surface area contributed by atoms with Gasteiger partial charge >= 0.3 is 6.01 Å². The molecule has 2 aromatic heterocycles. The van der Waals surface area contributed by atoms with Crippen LogP contribution in [-0.4, -0.2) is 74.4 Å². The summed E-state index contributed by atoms with van der Waals surface area (Å²) >= 11 is 0. The fraction of sp³-hybridized carbons (Fsp3) is 0.586. The average Bonchev–Trinajstić information content (AvgIpc) is 3.38. The summed E-state index contributed by atoms with van der Waals surface area (Å²) in [5.41, 5.74) is 9.68. The summed E-state index contributed by atoms with van der Waals surface area (Å²) in [4.78, 5) is 24.2. The number of aliphatic hydroxyl groups excluding tert-OH is 1. The zero-order chi connectivity index (χ0) is 27.8. The lowest BCUT2D eigenvalue weighted by Gasteiger charge is -2.33. The van der Waals surface area contributed by atoms with Gasteiger partial charge in [0, 0.05) is 37.5 Å². The first-order valence-corrected chi connectivity index (χ1v) is 14.2. The van der Waals surface area contributed by atoms with E-state index in [0.29, 0.717) is 51.2 Å². The number of nitrogens with one attached hydrogen (secondary N) is 1. The number of hydrogen-bond acceptors (Lipinski definition) is 9. The molecule has 4 N–H and O–H groups in total. The van der Waals surface area contributed by atoms with Gasteiger partial charge in [-0.2, -0.15) is 19.6 Å². The second kappa shape index (κ2) is 13.8. The quantitative estimate of drug-likeness (QED) is 0.244. The number of unbranched alkanes of at least 4 members (excludes halogenated alkanes) is 1. The molecule has 1 saturated heterocycles. The van der Waals surface area contributed by atoms with E-state index >= 15 is 0 Å². The van der Waals surface area contributed by atoms with E-state index in [4.69, 9.17) is 10.5 Å². The Bertz CT molecular complexity index is 1190. The molecule has 2 aliphatic rings. The monoisotopic (exact) mass is 537 g/mol. The number of aromatic nitrogens is 4. The minimum absolute atomic E-state index is 0.0450. The minimum atomic E-state index is -0.631. The van der Waals surface area contributed by atoms with Gasteiger partial charge in [0.25, 0.3) is 0 Å². The van der Waals surface area contributed by atoms with Gasteiger partial charge in [0.15, 0.2) is 5.65 Å². The second-order valence-corrected chi connectivity index (χ2v) is 10.7. The fourth-order valence-corrected chi connectivity index (χ4v) is 5.14. The maximum Gasteiger partial charge on any atom is 0.321 e. The van der Waals surface area contributed by atoms with Crippen LogP contribution in [0.25, 0.3) is 5.65 Å². The standard InChI is InChI=1S/C29H43N7O3/c1-4-26(38)35-13-10-23(11-14-35)25(37)17-21-8-7-9-22(16-21)18-31-28-34-29(39-15-6-5-12-30)33-27-24(20(2)3)19-32-36(27)28/h4,8,16,19-20,23,26,38H,1,5-7,9-15,17-18,30H2,2-3H3,(H,31,33,34). The Morgan fingerprint density at radius 2 is 2.10 bits per heavy atom. The van der Waals surface area contributed by atoms with Crippen LogP contribution in [0.15, 0.2) is 42.2 Å². The molecule has 212 valence electrons. The number of Topliss-reactive ketones (excluding diaryl/α,β-unsaturated/α-hetero) is 1. The van der Waals surface area contributed by atoms with Crippen molar-refractivity contribution in [2.45, 2.75) is 70.9 Å². The molecule has 0 radical (unpaired) electrons. The van der Waals surface area contributed by atoms with E-state index in [0.717, 1.165) is 55.3 Å². The zero-order valence-electron chi connectivity index (χ0n) is 23.3. The van der Waals surface area contributed by atoms with E-state index in [9.17, 15) is 9.90 Å². The van der Waals surface area contributed by atoms with E-state index in [1.54, 1.807) is 4.52 Å². The van der Waals surface area contributed by atoms with E-state index in [2.05, 4.69) is 53.0 Å². The van der Waals surface area contributed by atoms with Crippen LogP contribution in [0.2, 0.25) is 0 Å². The second-order valence-electron chi connectivity index (χ2n) is 10.7. The maximum absolute atomic E-state index is 13.0. The molecule has 10 nitrogen and oxygen atoms in total. The summed E-state index contributed by atoms with van der Waals surface area (Å²) < 4.78 is 7.59. The first-order valence-electron chi connectivity index (χ1n) is 14.2. The first kappa shape index (κ1) is 28.9. The molecule has 0 saturated carbocycles. The summed E-state index contributed by atoms with van der Waals surface area (Å²) in [6, 6.07) is 0.333. The van der Waals surface area contributed by atoms with Gasteiger partial charge in [-0.25, -0.2) is 0 Å². The van der Waals surface area contributed by atoms with E-state index in [1.165, 1.54) is 11.6 Å². The maximum atomic E-state index is 13.0. The van der Waals surface area contributed by atoms with Crippen molar-refractivity contribution >= 4 is 17.4 Å². The number of fused-ring (bicyclic) bond motifs is 1. The number of likely N-dealkylation sites (tertiary alicyclic amines) is 1. The Balaban J connectivity index is 1.39. The molecule has 39 heavy (non-hydrogen) atoms. The van der Waals surface area contributed by atoms with Crippen LogP contribution in [-0.2, 0) is 4.79 Å². The third-order valence-electron chi connectivity index (χ3n) is 7.51. The number of hydrogen-bond donors (Lipinski definition) is 3. The van der Waals surface area contributed by atoms with Crippen LogP contribution in [0.5, 0.6) is 6.01 Å². The number of carbonyl (C=O) groups is 1. The molecular weight excluding hydrogens is 494 g/mol. The van der Waals surface area contributed by atoms with Crippen LogP contribution < -0.4 is 15.8 Å². The lowest BCUT2D eigenvalue weighted by atomic mass is 9.87. The summed E-state index contributed by atoms with van der Waals surface area (Å²) in [5.74, 6) is 1.18. The molecule has 0 aromatic carbocycles. The molecule has 2 aromatic rings. The molecule has 3 heterocycles. The van der Waals surface area contributed by atoms with E-state index in [1.807, 2.05) is 11.1 Å². The third kappa shape index (κ3) is 7.52. The summed E-state index contributed by atoms with van der Waals surface area (Å²) in [6.45, 7) is 11.1.